The minimum absolute atomic E-state index is 0.469. The van der Waals surface area contributed by atoms with E-state index in [1.54, 1.807) is 0 Å². The number of carbonyl (C=O) groups is 1. The minimum Gasteiger partial charge on any atom is -0.449 e. The lowest BCUT2D eigenvalue weighted by atomic mass is 9.77. The van der Waals surface area contributed by atoms with Gasteiger partial charge in [0.2, 0.25) is 0 Å². The number of nitrogens with two attached hydrogens (primary N) is 1. The van der Waals surface area contributed by atoms with Gasteiger partial charge in [-0.05, 0) is 46.1 Å². The Kier molecular flexibility index (Phi) is 4.82. The molecule has 1 atom stereocenters. The highest BCUT2D eigenvalue weighted by Gasteiger charge is 2.54. The van der Waals surface area contributed by atoms with E-state index in [1.165, 1.54) is 0 Å². The first kappa shape index (κ1) is 16.8. The van der Waals surface area contributed by atoms with Crippen molar-refractivity contribution >= 4 is 13.2 Å². The Morgan fingerprint density at radius 3 is 2.23 bits per heavy atom. The van der Waals surface area contributed by atoms with E-state index < -0.39 is 30.4 Å². The van der Waals surface area contributed by atoms with E-state index in [0.717, 1.165) is 12.0 Å². The minimum atomic E-state index is -0.812. The van der Waals surface area contributed by atoms with Gasteiger partial charge in [0, 0.05) is 0 Å². The number of benzene rings is 1. The predicted molar refractivity (Wildman–Crippen MR) is 85.3 cm³/mol. The van der Waals surface area contributed by atoms with Crippen LogP contribution in [-0.2, 0) is 20.5 Å². The number of hydrogen-bond acceptors (Lipinski definition) is 4. The monoisotopic (exact) mass is 305 g/mol. The Balaban J connectivity index is 2.05. The van der Waals surface area contributed by atoms with Crippen molar-refractivity contribution in [3.8, 4) is 0 Å². The summed E-state index contributed by atoms with van der Waals surface area (Å²) in [7, 11) is -0.610. The molecule has 6 heteroatoms. The van der Waals surface area contributed by atoms with Crippen LogP contribution in [0.4, 0.5) is 4.79 Å². The molecule has 1 aromatic rings. The topological polar surface area (TPSA) is 70.8 Å². The van der Waals surface area contributed by atoms with Crippen molar-refractivity contribution in [1.29, 1.82) is 0 Å². The fourth-order valence-electron chi connectivity index (χ4n) is 2.39. The summed E-state index contributed by atoms with van der Waals surface area (Å²) < 4.78 is 17.2. The second-order valence-corrected chi connectivity index (χ2v) is 6.62. The molecule has 1 unspecified atom stereocenters. The molecule has 1 aliphatic heterocycles. The number of rotatable bonds is 5. The molecule has 1 heterocycles. The van der Waals surface area contributed by atoms with E-state index in [4.69, 9.17) is 19.8 Å². The number of ether oxygens (including phenoxy) is 1. The zero-order valence-corrected chi connectivity index (χ0v) is 13.7. The molecule has 0 radical (unpaired) electrons. The Morgan fingerprint density at radius 1 is 1.18 bits per heavy atom. The van der Waals surface area contributed by atoms with Gasteiger partial charge < -0.3 is 19.8 Å². The van der Waals surface area contributed by atoms with Crippen LogP contribution >= 0.6 is 0 Å². The molecular weight excluding hydrogens is 281 g/mol. The number of primary amides is 1. The van der Waals surface area contributed by atoms with Gasteiger partial charge in [-0.3, -0.25) is 0 Å². The molecule has 1 fully saturated rings. The van der Waals surface area contributed by atoms with E-state index in [2.05, 4.69) is 0 Å². The normalized spacial score (nSPS) is 20.6. The number of carbonyl (C=O) groups excluding carboxylic acids is 1. The Labute approximate surface area is 132 Å². The average Bonchev–Trinajstić information content (AvgIpc) is 2.64. The highest BCUT2D eigenvalue weighted by Crippen LogP contribution is 2.38. The molecule has 2 rings (SSSR count). The van der Waals surface area contributed by atoms with Gasteiger partial charge in [0.25, 0.3) is 0 Å². The third kappa shape index (κ3) is 3.81. The van der Waals surface area contributed by atoms with Crippen LogP contribution in [0.5, 0.6) is 0 Å². The van der Waals surface area contributed by atoms with Crippen molar-refractivity contribution in [2.24, 2.45) is 5.73 Å². The molecule has 0 saturated carbocycles. The van der Waals surface area contributed by atoms with Crippen molar-refractivity contribution < 1.29 is 18.8 Å². The molecule has 1 aliphatic rings. The largest absolute Gasteiger partial charge is 0.501 e. The van der Waals surface area contributed by atoms with Gasteiger partial charge in [0.05, 0.1) is 11.2 Å². The van der Waals surface area contributed by atoms with Crippen LogP contribution in [0, 0.1) is 0 Å². The van der Waals surface area contributed by atoms with Gasteiger partial charge in [-0.2, -0.15) is 0 Å². The first-order chi connectivity index (χ1) is 10.2. The van der Waals surface area contributed by atoms with Crippen LogP contribution in [0.1, 0.15) is 39.7 Å². The lowest BCUT2D eigenvalue weighted by Crippen LogP contribution is -2.41. The lowest BCUT2D eigenvalue weighted by molar-refractivity contribution is 0.00578. The van der Waals surface area contributed by atoms with Crippen LogP contribution < -0.4 is 5.73 Å². The molecule has 0 aliphatic carbocycles. The van der Waals surface area contributed by atoms with Crippen molar-refractivity contribution in [2.45, 2.75) is 57.7 Å². The fraction of sp³-hybridized carbons (Fsp3) is 0.562. The first-order valence-electron chi connectivity index (χ1n) is 7.57. The third-order valence-electron chi connectivity index (χ3n) is 4.40. The molecule has 1 saturated heterocycles. The number of aryl methyl sites for hydroxylation is 1. The van der Waals surface area contributed by atoms with Crippen molar-refractivity contribution in [3.05, 3.63) is 35.9 Å². The molecule has 2 N–H and O–H groups in total. The van der Waals surface area contributed by atoms with E-state index in [1.807, 2.05) is 58.0 Å². The van der Waals surface area contributed by atoms with E-state index >= 15 is 0 Å². The first-order valence-corrected chi connectivity index (χ1v) is 7.57. The van der Waals surface area contributed by atoms with Crippen LogP contribution in [0.3, 0.4) is 0 Å². The van der Waals surface area contributed by atoms with Gasteiger partial charge in [-0.25, -0.2) is 4.79 Å². The summed E-state index contributed by atoms with van der Waals surface area (Å²) in [5.41, 5.74) is 5.42. The number of hydrogen-bond donors (Lipinski definition) is 1. The molecule has 0 aromatic heterocycles. The SMILES string of the molecule is CC1(C)OB(C(CCc2ccccc2)OC(N)=O)OC1(C)C. The van der Waals surface area contributed by atoms with Crippen molar-refractivity contribution in [2.75, 3.05) is 0 Å². The zero-order chi connectivity index (χ0) is 16.4. The summed E-state index contributed by atoms with van der Waals surface area (Å²) in [5, 5.41) is 0. The molecule has 0 bridgehead atoms. The smallest absolute Gasteiger partial charge is 0.449 e. The molecule has 1 amide bonds. The summed E-state index contributed by atoms with van der Waals surface area (Å²) in [5.74, 6) is 0. The standard InChI is InChI=1S/C16H24BNO4/c1-15(2)16(3,4)22-17(21-15)13(20-14(18)19)11-10-12-8-6-5-7-9-12/h5-9,13H,10-11H2,1-4H3,(H2,18,19). The predicted octanol–water partition coefficient (Wildman–Crippen LogP) is 2.71. The summed E-state index contributed by atoms with van der Waals surface area (Å²) in [6, 6.07) is 9.47. The number of amides is 1. The van der Waals surface area contributed by atoms with Crippen LogP contribution in [0.2, 0.25) is 0 Å². The second kappa shape index (κ2) is 6.30. The van der Waals surface area contributed by atoms with Crippen LogP contribution in [-0.4, -0.2) is 30.4 Å². The van der Waals surface area contributed by atoms with Gasteiger partial charge in [0.15, 0.2) is 0 Å². The van der Waals surface area contributed by atoms with Crippen LogP contribution in [0.15, 0.2) is 30.3 Å². The second-order valence-electron chi connectivity index (χ2n) is 6.62. The van der Waals surface area contributed by atoms with E-state index in [9.17, 15) is 4.79 Å². The Bertz CT molecular complexity index is 502. The summed E-state index contributed by atoms with van der Waals surface area (Å²) in [6.45, 7) is 7.86. The molecular formula is C16H24BNO4. The fourth-order valence-corrected chi connectivity index (χ4v) is 2.39. The summed E-state index contributed by atoms with van der Waals surface area (Å²) in [6.07, 6.45) is 0.528. The van der Waals surface area contributed by atoms with Crippen molar-refractivity contribution in [3.63, 3.8) is 0 Å². The maximum absolute atomic E-state index is 11.2. The Hall–Kier alpha value is -1.53. The molecule has 5 nitrogen and oxygen atoms in total. The zero-order valence-electron chi connectivity index (χ0n) is 13.7. The Morgan fingerprint density at radius 2 is 1.73 bits per heavy atom. The summed E-state index contributed by atoms with van der Waals surface area (Å²) >= 11 is 0. The average molecular weight is 305 g/mol. The van der Waals surface area contributed by atoms with Gasteiger partial charge >= 0.3 is 13.2 Å². The molecule has 1 aromatic carbocycles. The van der Waals surface area contributed by atoms with Gasteiger partial charge in [-0.15, -0.1) is 0 Å². The van der Waals surface area contributed by atoms with Gasteiger partial charge in [0.1, 0.15) is 6.00 Å². The van der Waals surface area contributed by atoms with Gasteiger partial charge in [-0.1, -0.05) is 30.3 Å². The maximum atomic E-state index is 11.2. The molecule has 0 spiro atoms. The van der Waals surface area contributed by atoms with Crippen molar-refractivity contribution in [1.82, 2.24) is 0 Å². The lowest BCUT2D eigenvalue weighted by Gasteiger charge is -2.32. The van der Waals surface area contributed by atoms with E-state index in [-0.39, 0.29) is 0 Å². The molecule has 22 heavy (non-hydrogen) atoms. The van der Waals surface area contributed by atoms with Crippen LogP contribution in [0.25, 0.3) is 0 Å². The highest BCUT2D eigenvalue weighted by molar-refractivity contribution is 6.47. The molecule has 120 valence electrons. The summed E-state index contributed by atoms with van der Waals surface area (Å²) in [4.78, 5) is 11.2. The third-order valence-corrected chi connectivity index (χ3v) is 4.40. The van der Waals surface area contributed by atoms with E-state index in [0.29, 0.717) is 6.42 Å². The highest BCUT2D eigenvalue weighted by atomic mass is 16.7. The maximum Gasteiger partial charge on any atom is 0.501 e. The quantitative estimate of drug-likeness (QED) is 0.849.